The molecule has 0 aliphatic rings. The van der Waals surface area contributed by atoms with Crippen LogP contribution in [-0.2, 0) is 11.3 Å². The van der Waals surface area contributed by atoms with E-state index in [-0.39, 0.29) is 28.6 Å². The summed E-state index contributed by atoms with van der Waals surface area (Å²) in [5.74, 6) is 1.86. The van der Waals surface area contributed by atoms with Crippen LogP contribution in [0.3, 0.4) is 0 Å². The largest absolute Gasteiger partial charge is 0.539 e. The molecule has 0 bridgehead atoms. The molecule has 29 heavy (non-hydrogen) atoms. The Morgan fingerprint density at radius 3 is 2.52 bits per heavy atom. The molecule has 8 nitrogen and oxygen atoms in total. The van der Waals surface area contributed by atoms with Gasteiger partial charge in [-0.05, 0) is 38.2 Å². The predicted octanol–water partition coefficient (Wildman–Crippen LogP) is 4.44. The number of benzene rings is 1. The van der Waals surface area contributed by atoms with Gasteiger partial charge < -0.3 is 23.4 Å². The van der Waals surface area contributed by atoms with Crippen molar-refractivity contribution in [1.29, 1.82) is 0 Å². The van der Waals surface area contributed by atoms with E-state index in [1.807, 2.05) is 19.6 Å². The number of methoxy groups -OCH3 is 2. The zero-order valence-corrected chi connectivity index (χ0v) is 20.3. The van der Waals surface area contributed by atoms with Crippen molar-refractivity contribution in [3.63, 3.8) is 0 Å². The third-order valence-corrected chi connectivity index (χ3v) is 5.98. The Labute approximate surface area is 182 Å². The lowest BCUT2D eigenvalue weighted by Crippen LogP contribution is -2.29. The van der Waals surface area contributed by atoms with Crippen molar-refractivity contribution in [2.45, 2.75) is 30.9 Å². The highest BCUT2D eigenvalue weighted by Gasteiger charge is 2.31. The molecule has 1 aromatic heterocycles. The molecule has 2 unspecified atom stereocenters. The number of aromatic hydroxyl groups is 1. The molecule has 0 saturated carbocycles. The SMILES string of the molecule is COc1ccc(-c2oc(C(Br)CCNS(=O)O)c(O[Si](C)(C)C)c2O)c(OC)c1. The van der Waals surface area contributed by atoms with Gasteiger partial charge in [-0.3, -0.25) is 4.55 Å². The zero-order chi connectivity index (χ0) is 21.8. The Morgan fingerprint density at radius 1 is 1.28 bits per heavy atom. The van der Waals surface area contributed by atoms with Crippen LogP contribution in [0.4, 0.5) is 0 Å². The Kier molecular flexibility index (Phi) is 8.17. The highest BCUT2D eigenvalue weighted by Crippen LogP contribution is 2.50. The minimum atomic E-state index is -2.10. The first kappa shape index (κ1) is 23.7. The van der Waals surface area contributed by atoms with Gasteiger partial charge in [0.25, 0.3) is 0 Å². The molecule has 0 radical (unpaired) electrons. The Bertz CT molecular complexity index is 869. The minimum Gasteiger partial charge on any atom is -0.539 e. The van der Waals surface area contributed by atoms with Gasteiger partial charge in [0.15, 0.2) is 17.3 Å². The van der Waals surface area contributed by atoms with Crippen molar-refractivity contribution >= 4 is 35.5 Å². The fraction of sp³-hybridized carbons (Fsp3) is 0.444. The smallest absolute Gasteiger partial charge is 0.242 e. The van der Waals surface area contributed by atoms with Gasteiger partial charge in [0, 0.05) is 12.6 Å². The van der Waals surface area contributed by atoms with Crippen LogP contribution in [0.25, 0.3) is 11.3 Å². The van der Waals surface area contributed by atoms with Gasteiger partial charge in [0.05, 0.1) is 24.6 Å². The highest BCUT2D eigenvalue weighted by molar-refractivity contribution is 9.09. The number of furan rings is 1. The van der Waals surface area contributed by atoms with Crippen molar-refractivity contribution in [1.82, 2.24) is 4.72 Å². The summed E-state index contributed by atoms with van der Waals surface area (Å²) in [7, 11) is 0.999. The number of rotatable bonds is 10. The number of halogens is 1. The van der Waals surface area contributed by atoms with Crippen molar-refractivity contribution in [3.05, 3.63) is 24.0 Å². The molecule has 1 heterocycles. The maximum Gasteiger partial charge on any atom is 0.242 e. The van der Waals surface area contributed by atoms with E-state index >= 15 is 0 Å². The third kappa shape index (κ3) is 6.22. The second kappa shape index (κ2) is 9.98. The van der Waals surface area contributed by atoms with Crippen LogP contribution in [-0.4, -0.2) is 42.9 Å². The van der Waals surface area contributed by atoms with Gasteiger partial charge in [0.2, 0.25) is 25.3 Å². The first-order valence-electron chi connectivity index (χ1n) is 8.82. The topological polar surface area (TPSA) is 110 Å². The molecule has 2 aromatic rings. The van der Waals surface area contributed by atoms with E-state index in [0.29, 0.717) is 29.2 Å². The highest BCUT2D eigenvalue weighted by atomic mass is 79.9. The number of ether oxygens (including phenoxy) is 2. The van der Waals surface area contributed by atoms with Crippen molar-refractivity contribution in [3.8, 4) is 34.3 Å². The minimum absolute atomic E-state index is 0.117. The summed E-state index contributed by atoms with van der Waals surface area (Å²) >= 11 is 1.43. The van der Waals surface area contributed by atoms with Crippen LogP contribution in [0.15, 0.2) is 22.6 Å². The summed E-state index contributed by atoms with van der Waals surface area (Å²) in [5, 5.41) is 10.9. The van der Waals surface area contributed by atoms with Crippen LogP contribution in [0, 0.1) is 0 Å². The normalized spacial score (nSPS) is 13.8. The maximum absolute atomic E-state index is 10.9. The van der Waals surface area contributed by atoms with E-state index < -0.39 is 19.6 Å². The zero-order valence-electron chi connectivity index (χ0n) is 16.9. The van der Waals surface area contributed by atoms with Gasteiger partial charge in [-0.25, -0.2) is 8.93 Å². The molecule has 11 heteroatoms. The second-order valence-electron chi connectivity index (χ2n) is 7.15. The van der Waals surface area contributed by atoms with Crippen LogP contribution in [0.1, 0.15) is 17.0 Å². The molecule has 0 aliphatic heterocycles. The first-order valence-corrected chi connectivity index (χ1v) is 14.3. The van der Waals surface area contributed by atoms with Crippen molar-refractivity contribution in [2.75, 3.05) is 20.8 Å². The molecule has 0 spiro atoms. The van der Waals surface area contributed by atoms with Gasteiger partial charge in [-0.1, -0.05) is 15.9 Å². The standard InChI is InChI=1S/C18H26BrNO7SSi/c1-24-11-6-7-12(14(10-11)25-2)16-15(21)18(27-29(3,4)5)17(26-16)13(19)8-9-20-28(22)23/h6-7,10,13,20-21H,8-9H2,1-5H3,(H,22,23). The maximum atomic E-state index is 10.9. The number of alkyl halides is 1. The molecule has 1 aromatic carbocycles. The van der Waals surface area contributed by atoms with Crippen LogP contribution in [0.5, 0.6) is 23.0 Å². The van der Waals surface area contributed by atoms with Gasteiger partial charge >= 0.3 is 0 Å². The van der Waals surface area contributed by atoms with Crippen LogP contribution >= 0.6 is 15.9 Å². The molecule has 0 fully saturated rings. The summed E-state index contributed by atoms with van der Waals surface area (Å²) in [4.78, 5) is -0.353. The lowest BCUT2D eigenvalue weighted by molar-refractivity contribution is 0.393. The summed E-state index contributed by atoms with van der Waals surface area (Å²) in [6, 6.07) is 5.17. The Balaban J connectivity index is 2.50. The predicted molar refractivity (Wildman–Crippen MR) is 118 cm³/mol. The van der Waals surface area contributed by atoms with E-state index in [9.17, 15) is 9.32 Å². The van der Waals surface area contributed by atoms with Crippen LogP contribution in [0.2, 0.25) is 19.6 Å². The molecule has 3 N–H and O–H groups in total. The van der Waals surface area contributed by atoms with E-state index in [4.69, 9.17) is 22.9 Å². The summed E-state index contributed by atoms with van der Waals surface area (Å²) in [5.41, 5.74) is 0.548. The average Bonchev–Trinajstić information content (AvgIpc) is 2.95. The van der Waals surface area contributed by atoms with E-state index in [1.165, 1.54) is 7.11 Å². The monoisotopic (exact) mass is 507 g/mol. The molecule has 0 amide bonds. The Morgan fingerprint density at radius 2 is 1.97 bits per heavy atom. The molecule has 0 saturated heterocycles. The van der Waals surface area contributed by atoms with E-state index in [0.717, 1.165) is 0 Å². The number of nitrogens with one attached hydrogen (secondary N) is 1. The quantitative estimate of drug-likeness (QED) is 0.247. The molecule has 2 rings (SSSR count). The number of hydrogen-bond donors (Lipinski definition) is 3. The van der Waals surface area contributed by atoms with Gasteiger partial charge in [-0.15, -0.1) is 0 Å². The summed E-state index contributed by atoms with van der Waals surface area (Å²) < 4.78 is 44.9. The van der Waals surface area contributed by atoms with E-state index in [1.54, 1.807) is 25.3 Å². The number of hydrogen-bond acceptors (Lipinski definition) is 6. The first-order chi connectivity index (χ1) is 13.6. The van der Waals surface area contributed by atoms with Crippen molar-refractivity contribution in [2.24, 2.45) is 0 Å². The Hall–Kier alpha value is -1.53. The van der Waals surface area contributed by atoms with Crippen molar-refractivity contribution < 1.29 is 32.2 Å². The third-order valence-electron chi connectivity index (χ3n) is 3.84. The fourth-order valence-corrected chi connectivity index (χ4v) is 4.24. The van der Waals surface area contributed by atoms with Gasteiger partial charge in [-0.2, -0.15) is 0 Å². The molecule has 2 atom stereocenters. The molecular formula is C18H26BrNO7SSi. The summed E-state index contributed by atoms with van der Waals surface area (Å²) in [6.07, 6.45) is 0.431. The molecule has 162 valence electrons. The molecular weight excluding hydrogens is 482 g/mol. The molecule has 0 aliphatic carbocycles. The lowest BCUT2D eigenvalue weighted by Gasteiger charge is -2.20. The van der Waals surface area contributed by atoms with Gasteiger partial charge in [0.1, 0.15) is 11.5 Å². The van der Waals surface area contributed by atoms with Crippen LogP contribution < -0.4 is 18.6 Å². The average molecular weight is 508 g/mol. The fourth-order valence-electron chi connectivity index (χ4n) is 2.61. The second-order valence-corrected chi connectivity index (χ2v) is 13.5. The summed E-state index contributed by atoms with van der Waals surface area (Å²) in [6.45, 7) is 6.25. The lowest BCUT2D eigenvalue weighted by atomic mass is 10.1. The van der Waals surface area contributed by atoms with E-state index in [2.05, 4.69) is 20.7 Å².